The van der Waals surface area contributed by atoms with Gasteiger partial charge in [-0.15, -0.1) is 0 Å². The first-order valence-electron chi connectivity index (χ1n) is 6.49. The highest BCUT2D eigenvalue weighted by Gasteiger charge is 2.34. The Labute approximate surface area is 119 Å². The summed E-state index contributed by atoms with van der Waals surface area (Å²) in [5, 5.41) is 3.16. The van der Waals surface area contributed by atoms with Crippen LogP contribution in [0.1, 0.15) is 31.2 Å². The standard InChI is InChI=1S/C14H17BrF3N/c15-12-2-1-11(13(16)7-12)9-19-8-10-3-5-14(17,18)6-4-10/h1-2,7,10,19H,3-6,8-9H2. The number of rotatable bonds is 4. The number of hydrogen-bond donors (Lipinski definition) is 1. The quantitative estimate of drug-likeness (QED) is 0.853. The number of benzene rings is 1. The Bertz CT molecular complexity index is 427. The SMILES string of the molecule is Fc1cc(Br)ccc1CNCC1CCC(F)(F)CC1. The minimum absolute atomic E-state index is 0.0218. The van der Waals surface area contributed by atoms with Crippen molar-refractivity contribution in [2.75, 3.05) is 6.54 Å². The average Bonchev–Trinajstić information content (AvgIpc) is 2.34. The van der Waals surface area contributed by atoms with Crippen molar-refractivity contribution in [3.05, 3.63) is 34.1 Å². The molecule has 5 heteroatoms. The summed E-state index contributed by atoms with van der Waals surface area (Å²) in [6, 6.07) is 4.95. The van der Waals surface area contributed by atoms with E-state index in [1.54, 1.807) is 12.1 Å². The molecule has 0 unspecified atom stereocenters. The Hall–Kier alpha value is -0.550. The predicted molar refractivity (Wildman–Crippen MR) is 72.7 cm³/mol. The van der Waals surface area contributed by atoms with Crippen LogP contribution in [0.5, 0.6) is 0 Å². The summed E-state index contributed by atoms with van der Waals surface area (Å²) >= 11 is 3.21. The molecule has 1 saturated carbocycles. The van der Waals surface area contributed by atoms with Crippen LogP contribution in [0.2, 0.25) is 0 Å². The van der Waals surface area contributed by atoms with E-state index in [0.29, 0.717) is 36.0 Å². The van der Waals surface area contributed by atoms with Crippen molar-refractivity contribution in [3.63, 3.8) is 0 Å². The van der Waals surface area contributed by atoms with Crippen LogP contribution >= 0.6 is 15.9 Å². The Kier molecular flexibility index (Phi) is 4.90. The molecular weight excluding hydrogens is 319 g/mol. The van der Waals surface area contributed by atoms with E-state index in [1.807, 2.05) is 0 Å². The molecule has 1 fully saturated rings. The van der Waals surface area contributed by atoms with Crippen LogP contribution < -0.4 is 5.32 Å². The molecule has 0 spiro atoms. The summed E-state index contributed by atoms with van der Waals surface area (Å²) in [7, 11) is 0. The predicted octanol–water partition coefficient (Wildman–Crippen LogP) is 4.50. The second-order valence-corrected chi connectivity index (χ2v) is 6.08. The van der Waals surface area contributed by atoms with E-state index in [-0.39, 0.29) is 24.6 Å². The van der Waals surface area contributed by atoms with E-state index < -0.39 is 5.92 Å². The highest BCUT2D eigenvalue weighted by Crippen LogP contribution is 2.35. The topological polar surface area (TPSA) is 12.0 Å². The van der Waals surface area contributed by atoms with Crippen LogP contribution in [0.3, 0.4) is 0 Å². The Morgan fingerprint density at radius 3 is 2.58 bits per heavy atom. The molecule has 0 saturated heterocycles. The van der Waals surface area contributed by atoms with Gasteiger partial charge in [0.05, 0.1) is 0 Å². The molecule has 1 nitrogen and oxygen atoms in total. The molecule has 0 heterocycles. The monoisotopic (exact) mass is 335 g/mol. The fourth-order valence-corrected chi connectivity index (χ4v) is 2.71. The van der Waals surface area contributed by atoms with Crippen LogP contribution in [0.25, 0.3) is 0 Å². The first-order chi connectivity index (χ1) is 8.96. The Balaban J connectivity index is 1.75. The van der Waals surface area contributed by atoms with Crippen molar-refractivity contribution in [1.29, 1.82) is 0 Å². The van der Waals surface area contributed by atoms with Crippen LogP contribution in [-0.4, -0.2) is 12.5 Å². The van der Waals surface area contributed by atoms with E-state index in [9.17, 15) is 13.2 Å². The van der Waals surface area contributed by atoms with Gasteiger partial charge in [-0.3, -0.25) is 0 Å². The Morgan fingerprint density at radius 2 is 1.95 bits per heavy atom. The molecule has 1 aromatic rings. The fourth-order valence-electron chi connectivity index (χ4n) is 2.38. The van der Waals surface area contributed by atoms with E-state index in [1.165, 1.54) is 6.07 Å². The second-order valence-electron chi connectivity index (χ2n) is 5.17. The van der Waals surface area contributed by atoms with Gasteiger partial charge in [0.1, 0.15) is 5.82 Å². The lowest BCUT2D eigenvalue weighted by Gasteiger charge is -2.28. The zero-order valence-electron chi connectivity index (χ0n) is 10.6. The van der Waals surface area contributed by atoms with Gasteiger partial charge in [-0.1, -0.05) is 22.0 Å². The minimum atomic E-state index is -2.48. The van der Waals surface area contributed by atoms with Gasteiger partial charge in [0, 0.05) is 29.4 Å². The second kappa shape index (κ2) is 6.27. The molecule has 0 atom stereocenters. The van der Waals surface area contributed by atoms with Crippen molar-refractivity contribution in [1.82, 2.24) is 5.32 Å². The maximum atomic E-state index is 13.5. The van der Waals surface area contributed by atoms with Gasteiger partial charge in [-0.2, -0.15) is 0 Å². The number of halogens is 4. The van der Waals surface area contributed by atoms with Gasteiger partial charge < -0.3 is 5.32 Å². The van der Waals surface area contributed by atoms with E-state index in [0.717, 1.165) is 0 Å². The van der Waals surface area contributed by atoms with Crippen LogP contribution in [0.15, 0.2) is 22.7 Å². The maximum absolute atomic E-state index is 13.5. The number of nitrogens with one attached hydrogen (secondary N) is 1. The molecule has 0 aliphatic heterocycles. The first-order valence-corrected chi connectivity index (χ1v) is 7.28. The third kappa shape index (κ3) is 4.49. The van der Waals surface area contributed by atoms with Crippen molar-refractivity contribution >= 4 is 15.9 Å². The third-order valence-electron chi connectivity index (χ3n) is 3.60. The van der Waals surface area contributed by atoms with Gasteiger partial charge in [0.2, 0.25) is 5.92 Å². The van der Waals surface area contributed by atoms with Gasteiger partial charge >= 0.3 is 0 Å². The largest absolute Gasteiger partial charge is 0.312 e. The Morgan fingerprint density at radius 1 is 1.26 bits per heavy atom. The summed E-state index contributed by atoms with van der Waals surface area (Å²) in [6.45, 7) is 1.11. The maximum Gasteiger partial charge on any atom is 0.248 e. The normalized spacial score (nSPS) is 19.6. The number of alkyl halides is 2. The molecule has 1 aliphatic rings. The smallest absolute Gasteiger partial charge is 0.248 e. The van der Waals surface area contributed by atoms with Crippen molar-refractivity contribution in [2.45, 2.75) is 38.2 Å². The molecule has 1 aliphatic carbocycles. The zero-order chi connectivity index (χ0) is 13.9. The molecule has 0 aromatic heterocycles. The highest BCUT2D eigenvalue weighted by atomic mass is 79.9. The van der Waals surface area contributed by atoms with Crippen LogP contribution in [0, 0.1) is 11.7 Å². The lowest BCUT2D eigenvalue weighted by Crippen LogP contribution is -2.30. The van der Waals surface area contributed by atoms with E-state index >= 15 is 0 Å². The average molecular weight is 336 g/mol. The summed E-state index contributed by atoms with van der Waals surface area (Å²) in [5.41, 5.74) is 0.601. The lowest BCUT2D eigenvalue weighted by molar-refractivity contribution is -0.0455. The van der Waals surface area contributed by atoms with Crippen molar-refractivity contribution < 1.29 is 13.2 Å². The molecule has 0 bridgehead atoms. The summed E-state index contributed by atoms with van der Waals surface area (Å²) in [4.78, 5) is 0. The molecule has 1 N–H and O–H groups in total. The molecule has 0 amide bonds. The van der Waals surface area contributed by atoms with Gasteiger partial charge in [-0.25, -0.2) is 13.2 Å². The van der Waals surface area contributed by atoms with Crippen molar-refractivity contribution in [3.8, 4) is 0 Å². The van der Waals surface area contributed by atoms with Crippen molar-refractivity contribution in [2.24, 2.45) is 5.92 Å². The van der Waals surface area contributed by atoms with Gasteiger partial charge in [0.15, 0.2) is 0 Å². The molecule has 19 heavy (non-hydrogen) atoms. The molecule has 0 radical (unpaired) electrons. The third-order valence-corrected chi connectivity index (χ3v) is 4.09. The summed E-state index contributed by atoms with van der Waals surface area (Å²) in [6.07, 6.45) is 1.05. The van der Waals surface area contributed by atoms with Crippen LogP contribution in [-0.2, 0) is 6.54 Å². The number of hydrogen-bond acceptors (Lipinski definition) is 1. The fraction of sp³-hybridized carbons (Fsp3) is 0.571. The summed E-state index contributed by atoms with van der Waals surface area (Å²) < 4.78 is 40.2. The van der Waals surface area contributed by atoms with E-state index in [4.69, 9.17) is 0 Å². The molecule has 1 aromatic carbocycles. The lowest BCUT2D eigenvalue weighted by atomic mass is 9.87. The van der Waals surface area contributed by atoms with Gasteiger partial charge in [0.25, 0.3) is 0 Å². The minimum Gasteiger partial charge on any atom is -0.312 e. The van der Waals surface area contributed by atoms with Crippen LogP contribution in [0.4, 0.5) is 13.2 Å². The summed E-state index contributed by atoms with van der Waals surface area (Å²) in [5.74, 6) is -2.45. The molecule has 2 rings (SSSR count). The zero-order valence-corrected chi connectivity index (χ0v) is 12.1. The van der Waals surface area contributed by atoms with E-state index in [2.05, 4.69) is 21.2 Å². The molecule has 106 valence electrons. The van der Waals surface area contributed by atoms with Gasteiger partial charge in [-0.05, 0) is 37.4 Å². The highest BCUT2D eigenvalue weighted by molar-refractivity contribution is 9.10. The molecular formula is C14H17BrF3N. The first kappa shape index (κ1) is 14.9.